The Bertz CT molecular complexity index is 273. The Kier molecular flexibility index (Phi) is 2.19. The van der Waals surface area contributed by atoms with Gasteiger partial charge in [0.05, 0.1) is 5.60 Å². The van der Waals surface area contributed by atoms with Gasteiger partial charge in [0.1, 0.15) is 6.54 Å². The van der Waals surface area contributed by atoms with Crippen LogP contribution in [0.5, 0.6) is 0 Å². The molecular weight excluding hydrogens is 184 g/mol. The number of carbonyl (C=O) groups excluding carboxylic acids is 2. The summed E-state index contributed by atoms with van der Waals surface area (Å²) in [6.45, 7) is 0.600. The van der Waals surface area contributed by atoms with Gasteiger partial charge in [-0.2, -0.15) is 0 Å². The quantitative estimate of drug-likeness (QED) is 0.619. The zero-order valence-electron chi connectivity index (χ0n) is 7.95. The summed E-state index contributed by atoms with van der Waals surface area (Å²) in [5.74, 6) is -0.254. The SMILES string of the molecule is O=C1CN(CCC2(O)CCC2)C(=O)N1. The van der Waals surface area contributed by atoms with Crippen molar-refractivity contribution >= 4 is 11.9 Å². The van der Waals surface area contributed by atoms with Gasteiger partial charge < -0.3 is 10.0 Å². The summed E-state index contributed by atoms with van der Waals surface area (Å²) >= 11 is 0. The standard InChI is InChI=1S/C9H14N2O3/c12-7-6-11(8(13)10-7)5-4-9(14)2-1-3-9/h14H,1-6H2,(H,10,12,13). The second-order valence-corrected chi connectivity index (χ2v) is 4.10. The molecule has 0 aromatic rings. The average molecular weight is 198 g/mol. The van der Waals surface area contributed by atoms with Crippen LogP contribution in [0.3, 0.4) is 0 Å². The van der Waals surface area contributed by atoms with Crippen LogP contribution in [0.2, 0.25) is 0 Å². The van der Waals surface area contributed by atoms with Gasteiger partial charge in [-0.3, -0.25) is 10.1 Å². The normalized spacial score (nSPS) is 24.8. The topological polar surface area (TPSA) is 69.6 Å². The first-order valence-electron chi connectivity index (χ1n) is 4.90. The van der Waals surface area contributed by atoms with Crippen LogP contribution in [0.25, 0.3) is 0 Å². The number of rotatable bonds is 3. The first-order valence-corrected chi connectivity index (χ1v) is 4.90. The van der Waals surface area contributed by atoms with E-state index in [1.165, 1.54) is 4.90 Å². The van der Waals surface area contributed by atoms with Crippen molar-refractivity contribution in [2.24, 2.45) is 0 Å². The van der Waals surface area contributed by atoms with Crippen molar-refractivity contribution < 1.29 is 14.7 Å². The average Bonchev–Trinajstić information content (AvgIpc) is 2.38. The Hall–Kier alpha value is -1.10. The van der Waals surface area contributed by atoms with Gasteiger partial charge in [-0.1, -0.05) is 0 Å². The summed E-state index contributed by atoms with van der Waals surface area (Å²) in [6, 6.07) is -0.335. The second-order valence-electron chi connectivity index (χ2n) is 4.10. The van der Waals surface area contributed by atoms with Gasteiger partial charge in [-0.25, -0.2) is 4.79 Å². The van der Waals surface area contributed by atoms with Gasteiger partial charge in [0.15, 0.2) is 0 Å². The van der Waals surface area contributed by atoms with Crippen LogP contribution in [0.4, 0.5) is 4.79 Å². The van der Waals surface area contributed by atoms with Gasteiger partial charge in [-0.15, -0.1) is 0 Å². The van der Waals surface area contributed by atoms with E-state index in [1.807, 2.05) is 0 Å². The molecule has 78 valence electrons. The van der Waals surface area contributed by atoms with E-state index in [9.17, 15) is 14.7 Å². The molecule has 1 saturated heterocycles. The highest BCUT2D eigenvalue weighted by atomic mass is 16.3. The third kappa shape index (κ3) is 1.72. The second kappa shape index (κ2) is 3.24. The molecule has 0 unspecified atom stereocenters. The number of nitrogens with one attached hydrogen (secondary N) is 1. The lowest BCUT2D eigenvalue weighted by molar-refractivity contribution is -0.118. The molecule has 1 heterocycles. The zero-order chi connectivity index (χ0) is 10.2. The molecule has 0 spiro atoms. The molecule has 0 aromatic carbocycles. The maximum Gasteiger partial charge on any atom is 0.324 e. The molecule has 0 atom stereocenters. The minimum Gasteiger partial charge on any atom is -0.390 e. The molecule has 0 aromatic heterocycles. The Morgan fingerprint density at radius 1 is 1.43 bits per heavy atom. The summed E-state index contributed by atoms with van der Waals surface area (Å²) in [7, 11) is 0. The van der Waals surface area contributed by atoms with Crippen molar-refractivity contribution in [1.82, 2.24) is 10.2 Å². The van der Waals surface area contributed by atoms with Gasteiger partial charge in [0.2, 0.25) is 5.91 Å². The first-order chi connectivity index (χ1) is 6.59. The maximum atomic E-state index is 11.1. The molecular formula is C9H14N2O3. The number of nitrogens with zero attached hydrogens (tertiary/aromatic N) is 1. The van der Waals surface area contributed by atoms with Crippen molar-refractivity contribution in [3.8, 4) is 0 Å². The fraction of sp³-hybridized carbons (Fsp3) is 0.778. The van der Waals surface area contributed by atoms with Crippen LogP contribution in [0.15, 0.2) is 0 Å². The van der Waals surface area contributed by atoms with Crippen molar-refractivity contribution in [1.29, 1.82) is 0 Å². The van der Waals surface area contributed by atoms with Crippen LogP contribution >= 0.6 is 0 Å². The Balaban J connectivity index is 1.80. The molecule has 5 nitrogen and oxygen atoms in total. The fourth-order valence-electron chi connectivity index (χ4n) is 1.84. The zero-order valence-corrected chi connectivity index (χ0v) is 7.95. The molecule has 2 rings (SSSR count). The van der Waals surface area contributed by atoms with Crippen molar-refractivity contribution in [2.45, 2.75) is 31.3 Å². The molecule has 0 radical (unpaired) electrons. The lowest BCUT2D eigenvalue weighted by Gasteiger charge is -2.37. The van der Waals surface area contributed by atoms with E-state index in [1.54, 1.807) is 0 Å². The third-order valence-electron chi connectivity index (χ3n) is 3.00. The minimum atomic E-state index is -0.577. The van der Waals surface area contributed by atoms with Crippen molar-refractivity contribution in [2.75, 3.05) is 13.1 Å². The lowest BCUT2D eigenvalue weighted by atomic mass is 9.78. The van der Waals surface area contributed by atoms with Crippen LogP contribution in [-0.2, 0) is 4.79 Å². The number of urea groups is 1. The van der Waals surface area contributed by atoms with Gasteiger partial charge >= 0.3 is 6.03 Å². The van der Waals surface area contributed by atoms with Crippen LogP contribution in [0, 0.1) is 0 Å². The largest absolute Gasteiger partial charge is 0.390 e. The number of amides is 3. The number of hydrogen-bond donors (Lipinski definition) is 2. The van der Waals surface area contributed by atoms with E-state index in [4.69, 9.17) is 0 Å². The van der Waals surface area contributed by atoms with E-state index < -0.39 is 5.60 Å². The predicted molar refractivity (Wildman–Crippen MR) is 48.5 cm³/mol. The van der Waals surface area contributed by atoms with Crippen LogP contribution in [0.1, 0.15) is 25.7 Å². The number of aliphatic hydroxyl groups is 1. The predicted octanol–water partition coefficient (Wildman–Crippen LogP) is -0.157. The highest BCUT2D eigenvalue weighted by molar-refractivity contribution is 6.01. The number of hydrogen-bond acceptors (Lipinski definition) is 3. The van der Waals surface area contributed by atoms with E-state index in [-0.39, 0.29) is 18.5 Å². The maximum absolute atomic E-state index is 11.1. The van der Waals surface area contributed by atoms with Gasteiger partial charge in [-0.05, 0) is 25.7 Å². The van der Waals surface area contributed by atoms with E-state index in [2.05, 4.69) is 5.32 Å². The lowest BCUT2D eigenvalue weighted by Crippen LogP contribution is -2.41. The summed E-state index contributed by atoms with van der Waals surface area (Å²) in [4.78, 5) is 23.4. The highest BCUT2D eigenvalue weighted by Gasteiger charge is 2.36. The molecule has 1 saturated carbocycles. The van der Waals surface area contributed by atoms with E-state index >= 15 is 0 Å². The molecule has 2 fully saturated rings. The van der Waals surface area contributed by atoms with Crippen molar-refractivity contribution in [3.05, 3.63) is 0 Å². The van der Waals surface area contributed by atoms with E-state index in [0.717, 1.165) is 19.3 Å². The summed E-state index contributed by atoms with van der Waals surface area (Å²) in [5, 5.41) is 12.0. The fourth-order valence-corrected chi connectivity index (χ4v) is 1.84. The Labute approximate surface area is 82.1 Å². The first kappa shape index (κ1) is 9.45. The Morgan fingerprint density at radius 3 is 2.57 bits per heavy atom. The minimum absolute atomic E-state index is 0.134. The molecule has 1 aliphatic heterocycles. The van der Waals surface area contributed by atoms with Crippen LogP contribution < -0.4 is 5.32 Å². The summed E-state index contributed by atoms with van der Waals surface area (Å²) < 4.78 is 0. The number of carbonyl (C=O) groups is 2. The highest BCUT2D eigenvalue weighted by Crippen LogP contribution is 2.34. The molecule has 14 heavy (non-hydrogen) atoms. The molecule has 5 heteroatoms. The summed E-state index contributed by atoms with van der Waals surface area (Å²) in [6.07, 6.45) is 3.27. The van der Waals surface area contributed by atoms with Gasteiger partial charge in [0, 0.05) is 6.54 Å². The molecule has 2 aliphatic rings. The van der Waals surface area contributed by atoms with Gasteiger partial charge in [0.25, 0.3) is 0 Å². The molecule has 2 N–H and O–H groups in total. The summed E-state index contributed by atoms with van der Waals surface area (Å²) in [5.41, 5.74) is -0.577. The Morgan fingerprint density at radius 2 is 2.14 bits per heavy atom. The smallest absolute Gasteiger partial charge is 0.324 e. The third-order valence-corrected chi connectivity index (χ3v) is 3.00. The van der Waals surface area contributed by atoms with Crippen molar-refractivity contribution in [3.63, 3.8) is 0 Å². The molecule has 1 aliphatic carbocycles. The molecule has 3 amide bonds. The molecule has 0 bridgehead atoms. The number of imide groups is 1. The van der Waals surface area contributed by atoms with Crippen LogP contribution in [-0.4, -0.2) is 40.6 Å². The van der Waals surface area contributed by atoms with E-state index in [0.29, 0.717) is 13.0 Å². The monoisotopic (exact) mass is 198 g/mol.